The normalized spacial score (nSPS) is 10.9. The van der Waals surface area contributed by atoms with Gasteiger partial charge >= 0.3 is 0 Å². The highest BCUT2D eigenvalue weighted by molar-refractivity contribution is 5.68. The van der Waals surface area contributed by atoms with E-state index >= 15 is 0 Å². The van der Waals surface area contributed by atoms with Gasteiger partial charge in [0, 0.05) is 37.3 Å². The van der Waals surface area contributed by atoms with E-state index in [-0.39, 0.29) is 5.82 Å². The SMILES string of the molecule is Fc1ccnc(CCn2ncc3nccnc32)c1. The van der Waals surface area contributed by atoms with E-state index in [1.165, 1.54) is 18.3 Å². The van der Waals surface area contributed by atoms with E-state index in [4.69, 9.17) is 0 Å². The van der Waals surface area contributed by atoms with Crippen LogP contribution >= 0.6 is 0 Å². The predicted octanol–water partition coefficient (Wildman–Crippen LogP) is 1.60. The highest BCUT2D eigenvalue weighted by Gasteiger charge is 2.05. The van der Waals surface area contributed by atoms with E-state index in [1.54, 1.807) is 23.3 Å². The summed E-state index contributed by atoms with van der Waals surface area (Å²) in [6.45, 7) is 0.596. The first-order valence-corrected chi connectivity index (χ1v) is 5.56. The second kappa shape index (κ2) is 4.48. The number of fused-ring (bicyclic) bond motifs is 1. The Kier molecular flexibility index (Phi) is 2.68. The Morgan fingerprint density at radius 3 is 2.89 bits per heavy atom. The fourth-order valence-electron chi connectivity index (χ4n) is 1.78. The van der Waals surface area contributed by atoms with Gasteiger partial charge in [0.05, 0.1) is 6.20 Å². The zero-order valence-corrected chi connectivity index (χ0v) is 9.49. The Bertz CT molecular complexity index is 679. The summed E-state index contributed by atoms with van der Waals surface area (Å²) in [6.07, 6.45) is 6.99. The summed E-state index contributed by atoms with van der Waals surface area (Å²) in [6, 6.07) is 2.76. The van der Waals surface area contributed by atoms with E-state index < -0.39 is 0 Å². The average molecular weight is 243 g/mol. The molecule has 90 valence electrons. The Labute approximate surface area is 102 Å². The number of nitrogens with zero attached hydrogens (tertiary/aromatic N) is 5. The number of aromatic nitrogens is 5. The molecule has 0 aliphatic heterocycles. The lowest BCUT2D eigenvalue weighted by molar-refractivity contribution is 0.602. The van der Waals surface area contributed by atoms with Crippen molar-refractivity contribution in [1.29, 1.82) is 0 Å². The molecule has 0 bridgehead atoms. The number of hydrogen-bond donors (Lipinski definition) is 0. The van der Waals surface area contributed by atoms with Crippen molar-refractivity contribution in [2.45, 2.75) is 13.0 Å². The Balaban J connectivity index is 1.81. The van der Waals surface area contributed by atoms with Crippen LogP contribution in [0.5, 0.6) is 0 Å². The lowest BCUT2D eigenvalue weighted by Crippen LogP contribution is -2.05. The first-order chi connectivity index (χ1) is 8.83. The number of aryl methyl sites for hydroxylation is 2. The largest absolute Gasteiger partial charge is 0.261 e. The standard InChI is InChI=1S/C12H10FN5/c13-9-1-3-14-10(7-9)2-6-18-12-11(8-17-18)15-4-5-16-12/h1,3-5,7-8H,2,6H2. The maximum atomic E-state index is 13.0. The number of pyridine rings is 1. The van der Waals surface area contributed by atoms with Crippen molar-refractivity contribution in [1.82, 2.24) is 24.7 Å². The van der Waals surface area contributed by atoms with Crippen LogP contribution < -0.4 is 0 Å². The molecule has 0 aromatic carbocycles. The molecule has 5 nitrogen and oxygen atoms in total. The van der Waals surface area contributed by atoms with Crippen molar-refractivity contribution in [2.24, 2.45) is 0 Å². The smallest absolute Gasteiger partial charge is 0.176 e. The first kappa shape index (κ1) is 10.8. The van der Waals surface area contributed by atoms with Crippen LogP contribution in [-0.2, 0) is 13.0 Å². The molecule has 3 rings (SSSR count). The number of hydrogen-bond acceptors (Lipinski definition) is 4. The molecule has 0 amide bonds. The second-order valence-electron chi connectivity index (χ2n) is 3.85. The van der Waals surface area contributed by atoms with Gasteiger partial charge in [-0.05, 0) is 12.1 Å². The summed E-state index contributed by atoms with van der Waals surface area (Å²) in [7, 11) is 0. The predicted molar refractivity (Wildman–Crippen MR) is 63.2 cm³/mol. The molecule has 0 radical (unpaired) electrons. The van der Waals surface area contributed by atoms with Crippen molar-refractivity contribution >= 4 is 11.2 Å². The van der Waals surface area contributed by atoms with Crippen LogP contribution in [0.4, 0.5) is 4.39 Å². The third kappa shape index (κ3) is 2.04. The molecule has 0 atom stereocenters. The van der Waals surface area contributed by atoms with Crippen LogP contribution in [0.2, 0.25) is 0 Å². The van der Waals surface area contributed by atoms with Crippen molar-refractivity contribution in [3.63, 3.8) is 0 Å². The van der Waals surface area contributed by atoms with Crippen LogP contribution in [0.25, 0.3) is 11.2 Å². The van der Waals surface area contributed by atoms with E-state index in [0.29, 0.717) is 18.7 Å². The molecule has 0 saturated carbocycles. The molecule has 0 unspecified atom stereocenters. The van der Waals surface area contributed by atoms with Crippen LogP contribution in [-0.4, -0.2) is 24.7 Å². The average Bonchev–Trinajstić information content (AvgIpc) is 2.80. The van der Waals surface area contributed by atoms with Gasteiger partial charge in [0.2, 0.25) is 0 Å². The molecular weight excluding hydrogens is 233 g/mol. The molecule has 0 aliphatic carbocycles. The minimum absolute atomic E-state index is 0.273. The van der Waals surface area contributed by atoms with Gasteiger partial charge in [-0.15, -0.1) is 0 Å². The van der Waals surface area contributed by atoms with Gasteiger partial charge in [-0.3, -0.25) is 4.98 Å². The maximum Gasteiger partial charge on any atom is 0.176 e. The third-order valence-corrected chi connectivity index (χ3v) is 2.63. The Morgan fingerprint density at radius 1 is 1.11 bits per heavy atom. The zero-order chi connectivity index (χ0) is 12.4. The van der Waals surface area contributed by atoms with Gasteiger partial charge < -0.3 is 0 Å². The van der Waals surface area contributed by atoms with Crippen LogP contribution in [0.1, 0.15) is 5.69 Å². The fourth-order valence-corrected chi connectivity index (χ4v) is 1.78. The topological polar surface area (TPSA) is 56.5 Å². The molecule has 3 aromatic rings. The first-order valence-electron chi connectivity index (χ1n) is 5.56. The lowest BCUT2D eigenvalue weighted by atomic mass is 10.2. The van der Waals surface area contributed by atoms with E-state index in [9.17, 15) is 4.39 Å². The van der Waals surface area contributed by atoms with Crippen LogP contribution in [0, 0.1) is 5.82 Å². The Hall–Kier alpha value is -2.37. The van der Waals surface area contributed by atoms with Crippen molar-refractivity contribution < 1.29 is 4.39 Å². The molecule has 18 heavy (non-hydrogen) atoms. The number of rotatable bonds is 3. The van der Waals surface area contributed by atoms with E-state index in [0.717, 1.165) is 11.2 Å². The molecule has 3 aromatic heterocycles. The summed E-state index contributed by atoms with van der Waals surface area (Å²) in [5, 5.41) is 4.20. The molecule has 0 saturated heterocycles. The molecule has 0 aliphatic rings. The third-order valence-electron chi connectivity index (χ3n) is 2.63. The summed E-state index contributed by atoms with van der Waals surface area (Å²) < 4.78 is 14.7. The van der Waals surface area contributed by atoms with Crippen LogP contribution in [0.15, 0.2) is 36.9 Å². The van der Waals surface area contributed by atoms with Gasteiger partial charge in [0.15, 0.2) is 5.65 Å². The minimum atomic E-state index is -0.273. The van der Waals surface area contributed by atoms with Gasteiger partial charge in [-0.25, -0.2) is 19.0 Å². The number of halogens is 1. The monoisotopic (exact) mass is 243 g/mol. The van der Waals surface area contributed by atoms with Crippen molar-refractivity contribution in [3.05, 3.63) is 48.4 Å². The highest BCUT2D eigenvalue weighted by Crippen LogP contribution is 2.08. The van der Waals surface area contributed by atoms with Crippen molar-refractivity contribution in [2.75, 3.05) is 0 Å². The van der Waals surface area contributed by atoms with Gasteiger partial charge in [0.25, 0.3) is 0 Å². The zero-order valence-electron chi connectivity index (χ0n) is 9.49. The summed E-state index contributed by atoms with van der Waals surface area (Å²) in [5.74, 6) is -0.273. The maximum absolute atomic E-state index is 13.0. The summed E-state index contributed by atoms with van der Waals surface area (Å²) in [5.41, 5.74) is 2.18. The van der Waals surface area contributed by atoms with Gasteiger partial charge in [-0.2, -0.15) is 5.10 Å². The lowest BCUT2D eigenvalue weighted by Gasteiger charge is -2.02. The van der Waals surface area contributed by atoms with E-state index in [1.807, 2.05) is 0 Å². The van der Waals surface area contributed by atoms with Gasteiger partial charge in [-0.1, -0.05) is 0 Å². The quantitative estimate of drug-likeness (QED) is 0.701. The highest BCUT2D eigenvalue weighted by atomic mass is 19.1. The molecule has 0 spiro atoms. The van der Waals surface area contributed by atoms with Crippen molar-refractivity contribution in [3.8, 4) is 0 Å². The molecule has 0 N–H and O–H groups in total. The molecule has 0 fully saturated rings. The molecular formula is C12H10FN5. The fraction of sp³-hybridized carbons (Fsp3) is 0.167. The second-order valence-corrected chi connectivity index (χ2v) is 3.85. The Morgan fingerprint density at radius 2 is 2.00 bits per heavy atom. The molecule has 3 heterocycles. The minimum Gasteiger partial charge on any atom is -0.261 e. The van der Waals surface area contributed by atoms with Gasteiger partial charge in [0.1, 0.15) is 11.3 Å². The van der Waals surface area contributed by atoms with Crippen LogP contribution in [0.3, 0.4) is 0 Å². The summed E-state index contributed by atoms with van der Waals surface area (Å²) >= 11 is 0. The summed E-state index contributed by atoms with van der Waals surface area (Å²) in [4.78, 5) is 12.5. The molecule has 6 heteroatoms. The van der Waals surface area contributed by atoms with E-state index in [2.05, 4.69) is 20.1 Å².